The van der Waals surface area contributed by atoms with Crippen molar-refractivity contribution in [3.63, 3.8) is 0 Å². The third kappa shape index (κ3) is 2.87. The molecule has 8 heteroatoms. The van der Waals surface area contributed by atoms with Gasteiger partial charge in [-0.05, 0) is 24.3 Å². The van der Waals surface area contributed by atoms with Crippen molar-refractivity contribution >= 4 is 11.6 Å². The Morgan fingerprint density at radius 1 is 0.800 bits per heavy atom. The largest absolute Gasteiger partial charge is 0.433 e. The normalized spacial score (nSPS) is 12.5. The Bertz CT molecular complexity index is 593. The van der Waals surface area contributed by atoms with Crippen molar-refractivity contribution in [3.05, 3.63) is 58.6 Å². The van der Waals surface area contributed by atoms with Crippen LogP contribution in [0.2, 0.25) is 5.02 Å². The summed E-state index contributed by atoms with van der Waals surface area (Å²) >= 11 is 5.53. The van der Waals surface area contributed by atoms with E-state index in [1.54, 1.807) is 0 Å². The second-order valence-electron chi connectivity index (χ2n) is 3.87. The summed E-state index contributed by atoms with van der Waals surface area (Å²) in [4.78, 5) is 6.47. The zero-order chi connectivity index (χ0) is 15.0. The van der Waals surface area contributed by atoms with Gasteiger partial charge in [0, 0.05) is 18.0 Å². The first-order valence-electron chi connectivity index (χ1n) is 5.25. The zero-order valence-corrected chi connectivity index (χ0v) is 10.4. The molecule has 0 saturated carbocycles. The first-order valence-corrected chi connectivity index (χ1v) is 5.62. The Morgan fingerprint density at radius 3 is 1.85 bits per heavy atom. The summed E-state index contributed by atoms with van der Waals surface area (Å²) in [6.07, 6.45) is -3.16. The molecule has 0 N–H and O–H groups in total. The van der Waals surface area contributed by atoms with E-state index in [0.29, 0.717) is 18.3 Å². The maximum absolute atomic E-state index is 14.0. The van der Waals surface area contributed by atoms with Crippen LogP contribution in [0.25, 0.3) is 0 Å². The fraction of sp³-hybridized carbons (Fsp3) is 0.167. The Kier molecular flexibility index (Phi) is 3.64. The third-order valence-corrected chi connectivity index (χ3v) is 2.69. The van der Waals surface area contributed by atoms with Crippen molar-refractivity contribution in [3.8, 4) is 0 Å². The molecule has 0 aromatic carbocycles. The number of nitrogens with zero attached hydrogens (tertiary/aromatic N) is 2. The average molecular weight is 309 g/mol. The van der Waals surface area contributed by atoms with Crippen LogP contribution in [-0.2, 0) is 12.1 Å². The molecule has 106 valence electrons. The molecule has 0 bridgehead atoms. The van der Waals surface area contributed by atoms with Gasteiger partial charge in [-0.3, -0.25) is 9.97 Å². The van der Waals surface area contributed by atoms with Gasteiger partial charge in [-0.15, -0.1) is 0 Å². The maximum atomic E-state index is 14.0. The van der Waals surface area contributed by atoms with E-state index < -0.39 is 29.1 Å². The molecule has 0 aliphatic heterocycles. The van der Waals surface area contributed by atoms with Gasteiger partial charge in [0.05, 0.1) is 5.02 Å². The molecule has 0 fully saturated rings. The Hall–Kier alpha value is -1.76. The van der Waals surface area contributed by atoms with Crippen molar-refractivity contribution in [2.45, 2.75) is 12.1 Å². The molecule has 0 saturated heterocycles. The summed E-state index contributed by atoms with van der Waals surface area (Å²) in [6.45, 7) is 0. The fourth-order valence-corrected chi connectivity index (χ4v) is 1.57. The van der Waals surface area contributed by atoms with Gasteiger partial charge in [0.1, 0.15) is 11.4 Å². The van der Waals surface area contributed by atoms with Crippen LogP contribution in [0, 0.1) is 0 Å². The Balaban J connectivity index is 2.37. The first-order chi connectivity index (χ1) is 9.21. The van der Waals surface area contributed by atoms with E-state index in [1.165, 1.54) is 6.07 Å². The number of aromatic nitrogens is 2. The maximum Gasteiger partial charge on any atom is 0.433 e. The monoisotopic (exact) mass is 308 g/mol. The summed E-state index contributed by atoms with van der Waals surface area (Å²) in [7, 11) is 0. The molecule has 0 unspecified atom stereocenters. The molecule has 2 nitrogen and oxygen atoms in total. The summed E-state index contributed by atoms with van der Waals surface area (Å²) in [5, 5.41) is 0.176. The van der Waals surface area contributed by atoms with Gasteiger partial charge in [-0.25, -0.2) is 0 Å². The van der Waals surface area contributed by atoms with E-state index in [0.717, 1.165) is 12.3 Å². The lowest BCUT2D eigenvalue weighted by Crippen LogP contribution is -2.18. The standard InChI is InChI=1S/C12H6ClF5N2/c13-8-2-4-9(20-6-8)11(14,15)7-1-3-10(19-5-7)12(16,17)18/h1-6H. The Morgan fingerprint density at radius 2 is 1.40 bits per heavy atom. The fourth-order valence-electron chi connectivity index (χ4n) is 1.46. The highest BCUT2D eigenvalue weighted by atomic mass is 35.5. The van der Waals surface area contributed by atoms with Crippen LogP contribution in [0.3, 0.4) is 0 Å². The number of hydrogen-bond donors (Lipinski definition) is 0. The van der Waals surface area contributed by atoms with Gasteiger partial charge in [-0.1, -0.05) is 11.6 Å². The van der Waals surface area contributed by atoms with E-state index in [2.05, 4.69) is 9.97 Å². The van der Waals surface area contributed by atoms with Crippen molar-refractivity contribution < 1.29 is 22.0 Å². The van der Waals surface area contributed by atoms with E-state index in [-0.39, 0.29) is 5.02 Å². The molecule has 0 atom stereocenters. The molecular formula is C12H6ClF5N2. The van der Waals surface area contributed by atoms with E-state index in [9.17, 15) is 22.0 Å². The molecule has 20 heavy (non-hydrogen) atoms. The highest BCUT2D eigenvalue weighted by Gasteiger charge is 2.38. The molecular weight excluding hydrogens is 303 g/mol. The van der Waals surface area contributed by atoms with Crippen molar-refractivity contribution in [1.29, 1.82) is 0 Å². The van der Waals surface area contributed by atoms with Gasteiger partial charge < -0.3 is 0 Å². The smallest absolute Gasteiger partial charge is 0.253 e. The van der Waals surface area contributed by atoms with Crippen LogP contribution in [-0.4, -0.2) is 9.97 Å². The van der Waals surface area contributed by atoms with Crippen LogP contribution in [0.5, 0.6) is 0 Å². The van der Waals surface area contributed by atoms with Gasteiger partial charge in [-0.2, -0.15) is 22.0 Å². The molecule has 0 spiro atoms. The predicted molar refractivity (Wildman–Crippen MR) is 61.5 cm³/mol. The van der Waals surface area contributed by atoms with Crippen LogP contribution in [0.1, 0.15) is 17.0 Å². The molecule has 2 aromatic rings. The minimum Gasteiger partial charge on any atom is -0.253 e. The summed E-state index contributed by atoms with van der Waals surface area (Å²) in [5.74, 6) is -3.55. The van der Waals surface area contributed by atoms with Gasteiger partial charge in [0.2, 0.25) is 0 Å². The number of hydrogen-bond acceptors (Lipinski definition) is 2. The number of rotatable bonds is 2. The van der Waals surface area contributed by atoms with Crippen LogP contribution >= 0.6 is 11.6 Å². The van der Waals surface area contributed by atoms with Crippen molar-refractivity contribution in [2.75, 3.05) is 0 Å². The van der Waals surface area contributed by atoms with Gasteiger partial charge in [0.25, 0.3) is 0 Å². The van der Waals surface area contributed by atoms with E-state index in [4.69, 9.17) is 11.6 Å². The lowest BCUT2D eigenvalue weighted by molar-refractivity contribution is -0.141. The third-order valence-electron chi connectivity index (χ3n) is 2.47. The van der Waals surface area contributed by atoms with Crippen molar-refractivity contribution in [2.24, 2.45) is 0 Å². The predicted octanol–water partition coefficient (Wildman–Crippen LogP) is 4.29. The molecule has 0 aliphatic rings. The quantitative estimate of drug-likeness (QED) is 0.774. The average Bonchev–Trinajstić information content (AvgIpc) is 2.38. The molecule has 2 rings (SSSR count). The second kappa shape index (κ2) is 4.97. The second-order valence-corrected chi connectivity index (χ2v) is 4.30. The minimum atomic E-state index is -4.67. The molecule has 0 radical (unpaired) electrons. The summed E-state index contributed by atoms with van der Waals surface area (Å²) in [5.41, 5.74) is -2.54. The van der Waals surface area contributed by atoms with Crippen LogP contribution in [0.15, 0.2) is 36.7 Å². The van der Waals surface area contributed by atoms with Gasteiger partial charge >= 0.3 is 12.1 Å². The van der Waals surface area contributed by atoms with Crippen molar-refractivity contribution in [1.82, 2.24) is 9.97 Å². The summed E-state index contributed by atoms with van der Waals surface area (Å²) < 4.78 is 65.0. The zero-order valence-electron chi connectivity index (χ0n) is 9.63. The minimum absolute atomic E-state index is 0.176. The number of halogens is 6. The van der Waals surface area contributed by atoms with E-state index >= 15 is 0 Å². The lowest BCUT2D eigenvalue weighted by Gasteiger charge is -2.16. The lowest BCUT2D eigenvalue weighted by atomic mass is 10.1. The first kappa shape index (κ1) is 14.6. The Labute approximate surface area is 115 Å². The van der Waals surface area contributed by atoms with Crippen LogP contribution < -0.4 is 0 Å². The SMILES string of the molecule is FC(F)(F)c1ccc(C(F)(F)c2ccc(Cl)cn2)cn1. The highest BCUT2D eigenvalue weighted by Crippen LogP contribution is 2.35. The highest BCUT2D eigenvalue weighted by molar-refractivity contribution is 6.30. The molecule has 0 aliphatic carbocycles. The van der Waals surface area contributed by atoms with Gasteiger partial charge in [0.15, 0.2) is 0 Å². The molecule has 0 amide bonds. The van der Waals surface area contributed by atoms with Crippen LogP contribution in [0.4, 0.5) is 22.0 Å². The number of alkyl halides is 5. The topological polar surface area (TPSA) is 25.8 Å². The number of pyridine rings is 2. The molecule has 2 aromatic heterocycles. The van der Waals surface area contributed by atoms with E-state index in [1.807, 2.05) is 0 Å². The summed E-state index contributed by atoms with van der Waals surface area (Å²) in [6, 6.07) is 3.39. The molecule has 2 heterocycles.